The van der Waals surface area contributed by atoms with Gasteiger partial charge < -0.3 is 14.2 Å². The van der Waals surface area contributed by atoms with Gasteiger partial charge >= 0.3 is 17.9 Å². The molecule has 0 radical (unpaired) electrons. The van der Waals surface area contributed by atoms with Gasteiger partial charge in [0.05, 0.1) is 0 Å². The number of hydrogen-bond acceptors (Lipinski definition) is 6. The molecule has 0 aromatic heterocycles. The normalized spacial score (nSPS) is 13.1. The molecule has 0 rings (SSSR count). The van der Waals surface area contributed by atoms with Gasteiger partial charge in [0, 0.05) is 19.3 Å². The van der Waals surface area contributed by atoms with Crippen molar-refractivity contribution in [1.29, 1.82) is 0 Å². The summed E-state index contributed by atoms with van der Waals surface area (Å²) < 4.78 is 16.7. The van der Waals surface area contributed by atoms with Crippen LogP contribution in [-0.2, 0) is 28.6 Å². The molecule has 0 spiro atoms. The molecular formula is C56H88O6. The van der Waals surface area contributed by atoms with E-state index in [0.29, 0.717) is 25.7 Å². The Balaban J connectivity index is 4.53. The van der Waals surface area contributed by atoms with Crippen molar-refractivity contribution < 1.29 is 28.6 Å². The predicted octanol–water partition coefficient (Wildman–Crippen LogP) is 16.1. The van der Waals surface area contributed by atoms with Crippen molar-refractivity contribution in [2.45, 2.75) is 200 Å². The largest absolute Gasteiger partial charge is 0.462 e. The molecule has 0 bridgehead atoms. The maximum atomic E-state index is 12.8. The van der Waals surface area contributed by atoms with Gasteiger partial charge in [0.1, 0.15) is 13.2 Å². The SMILES string of the molecule is CC\C=C/C=C\C=C/C=C\C=C/CCCCCC(=O)OC(COC(=O)CCCC/C=C\C/C=C\C/C=C\CC)COC(=O)CCCCCCCCC/C=C\C/C=C\CCCCC. The predicted molar refractivity (Wildman–Crippen MR) is 265 cm³/mol. The molecule has 0 aromatic carbocycles. The number of carbonyl (C=O) groups excluding carboxylic acids is 3. The first kappa shape index (κ1) is 57.8. The minimum atomic E-state index is -0.822. The lowest BCUT2D eigenvalue weighted by atomic mass is 10.1. The summed E-state index contributed by atoms with van der Waals surface area (Å²) in [6.07, 6.45) is 67.5. The summed E-state index contributed by atoms with van der Waals surface area (Å²) in [6.45, 7) is 6.25. The van der Waals surface area contributed by atoms with Gasteiger partial charge in [0.15, 0.2) is 6.10 Å². The lowest BCUT2D eigenvalue weighted by molar-refractivity contribution is -0.167. The van der Waals surface area contributed by atoms with E-state index >= 15 is 0 Å². The average Bonchev–Trinajstić information content (AvgIpc) is 3.27. The highest BCUT2D eigenvalue weighted by atomic mass is 16.6. The summed E-state index contributed by atoms with van der Waals surface area (Å²) >= 11 is 0. The van der Waals surface area contributed by atoms with Crippen molar-refractivity contribution in [1.82, 2.24) is 0 Å². The standard InChI is InChI=1S/C56H88O6/c1-4-7-10-13-16-19-22-25-27-28-30-31-34-37-40-43-46-49-55(58)61-52-53(51-60-54(57)48-45-42-39-36-33-24-21-18-15-12-9-6-3)62-56(59)50-47-44-41-38-35-32-29-26-23-20-17-14-11-8-5-2/h8-9,11-12,14,16-21,23,25-27,29,32-33,35-36,53H,4-7,10,13,15,22,24,28,30-31,34,37-52H2,1-3H3/b11-8-,12-9-,17-14-,19-16-,21-18-,23-20-,27-25-,29-26-,35-32-,36-33-. The Kier molecular flexibility index (Phi) is 46.1. The fraction of sp³-hybridized carbons (Fsp3) is 0.589. The number of allylic oxidation sites excluding steroid dienone is 20. The topological polar surface area (TPSA) is 78.9 Å². The molecule has 0 saturated carbocycles. The molecule has 0 aliphatic rings. The van der Waals surface area contributed by atoms with Gasteiger partial charge in [0.25, 0.3) is 0 Å². The Morgan fingerprint density at radius 3 is 1.23 bits per heavy atom. The van der Waals surface area contributed by atoms with Crippen LogP contribution in [0.4, 0.5) is 0 Å². The van der Waals surface area contributed by atoms with Gasteiger partial charge in [-0.1, -0.05) is 194 Å². The molecule has 0 aliphatic carbocycles. The van der Waals surface area contributed by atoms with Crippen LogP contribution in [0.25, 0.3) is 0 Å². The summed E-state index contributed by atoms with van der Waals surface area (Å²) in [7, 11) is 0. The number of ether oxygens (including phenoxy) is 3. The molecule has 0 N–H and O–H groups in total. The van der Waals surface area contributed by atoms with Gasteiger partial charge in [-0.25, -0.2) is 0 Å². The van der Waals surface area contributed by atoms with Crippen molar-refractivity contribution in [3.05, 3.63) is 122 Å². The van der Waals surface area contributed by atoms with Crippen LogP contribution < -0.4 is 0 Å². The fourth-order valence-electron chi connectivity index (χ4n) is 6.15. The monoisotopic (exact) mass is 857 g/mol. The molecule has 0 fully saturated rings. The maximum absolute atomic E-state index is 12.8. The third-order valence-corrected chi connectivity index (χ3v) is 9.81. The molecule has 6 heteroatoms. The molecular weight excluding hydrogens is 769 g/mol. The number of hydrogen-bond donors (Lipinski definition) is 0. The number of rotatable bonds is 42. The molecule has 348 valence electrons. The minimum absolute atomic E-state index is 0.116. The fourth-order valence-corrected chi connectivity index (χ4v) is 6.15. The second-order valence-corrected chi connectivity index (χ2v) is 15.7. The molecule has 6 nitrogen and oxygen atoms in total. The van der Waals surface area contributed by atoms with E-state index < -0.39 is 6.10 Å². The number of carbonyl (C=O) groups is 3. The summed E-state index contributed by atoms with van der Waals surface area (Å²) in [5.41, 5.74) is 0. The maximum Gasteiger partial charge on any atom is 0.306 e. The Labute approximate surface area is 380 Å². The zero-order chi connectivity index (χ0) is 45.1. The van der Waals surface area contributed by atoms with Crippen LogP contribution in [0.5, 0.6) is 0 Å². The van der Waals surface area contributed by atoms with Gasteiger partial charge in [-0.2, -0.15) is 0 Å². The van der Waals surface area contributed by atoms with E-state index in [1.165, 1.54) is 51.4 Å². The molecule has 0 aliphatic heterocycles. The summed E-state index contributed by atoms with van der Waals surface area (Å²) in [4.78, 5) is 37.9. The van der Waals surface area contributed by atoms with Crippen LogP contribution >= 0.6 is 0 Å². The third-order valence-electron chi connectivity index (χ3n) is 9.81. The van der Waals surface area contributed by atoms with Crippen LogP contribution in [0.3, 0.4) is 0 Å². The van der Waals surface area contributed by atoms with E-state index in [1.807, 2.05) is 48.6 Å². The second kappa shape index (κ2) is 49.5. The highest BCUT2D eigenvalue weighted by Gasteiger charge is 2.19. The highest BCUT2D eigenvalue weighted by molar-refractivity contribution is 5.71. The van der Waals surface area contributed by atoms with E-state index in [1.54, 1.807) is 0 Å². The Hall–Kier alpha value is -4.19. The first-order valence-electron chi connectivity index (χ1n) is 24.6. The third kappa shape index (κ3) is 46.9. The van der Waals surface area contributed by atoms with Crippen LogP contribution in [-0.4, -0.2) is 37.2 Å². The van der Waals surface area contributed by atoms with Crippen molar-refractivity contribution >= 4 is 17.9 Å². The van der Waals surface area contributed by atoms with E-state index in [9.17, 15) is 14.4 Å². The van der Waals surface area contributed by atoms with Gasteiger partial charge in [-0.15, -0.1) is 0 Å². The van der Waals surface area contributed by atoms with Crippen molar-refractivity contribution in [2.24, 2.45) is 0 Å². The number of unbranched alkanes of at least 4 members (excludes halogenated alkanes) is 15. The van der Waals surface area contributed by atoms with Gasteiger partial charge in [-0.05, 0) is 103 Å². The number of esters is 3. The smallest absolute Gasteiger partial charge is 0.306 e. The van der Waals surface area contributed by atoms with Crippen molar-refractivity contribution in [2.75, 3.05) is 13.2 Å². The quantitative estimate of drug-likeness (QED) is 0.0200. The van der Waals surface area contributed by atoms with Crippen LogP contribution in [0, 0.1) is 0 Å². The molecule has 1 atom stereocenters. The van der Waals surface area contributed by atoms with E-state index in [-0.39, 0.29) is 37.5 Å². The minimum Gasteiger partial charge on any atom is -0.462 e. The summed E-state index contributed by atoms with van der Waals surface area (Å²) in [6, 6.07) is 0. The first-order valence-corrected chi connectivity index (χ1v) is 24.6. The van der Waals surface area contributed by atoms with Crippen LogP contribution in [0.1, 0.15) is 194 Å². The average molecular weight is 857 g/mol. The Bertz CT molecular complexity index is 1350. The Morgan fingerprint density at radius 2 is 0.710 bits per heavy atom. The molecule has 0 saturated heterocycles. The van der Waals surface area contributed by atoms with Crippen molar-refractivity contribution in [3.8, 4) is 0 Å². The lowest BCUT2D eigenvalue weighted by Gasteiger charge is -2.18. The van der Waals surface area contributed by atoms with Gasteiger partial charge in [0.2, 0.25) is 0 Å². The Morgan fingerprint density at radius 1 is 0.355 bits per heavy atom. The zero-order valence-electron chi connectivity index (χ0n) is 39.6. The lowest BCUT2D eigenvalue weighted by Crippen LogP contribution is -2.30. The molecule has 0 amide bonds. The highest BCUT2D eigenvalue weighted by Crippen LogP contribution is 2.12. The molecule has 0 aromatic rings. The van der Waals surface area contributed by atoms with Crippen molar-refractivity contribution in [3.63, 3.8) is 0 Å². The second-order valence-electron chi connectivity index (χ2n) is 15.7. The summed E-state index contributed by atoms with van der Waals surface area (Å²) in [5, 5.41) is 0. The van der Waals surface area contributed by atoms with E-state index in [4.69, 9.17) is 14.2 Å². The van der Waals surface area contributed by atoms with Crippen LogP contribution in [0.2, 0.25) is 0 Å². The van der Waals surface area contributed by atoms with Gasteiger partial charge in [-0.3, -0.25) is 14.4 Å². The molecule has 62 heavy (non-hydrogen) atoms. The van der Waals surface area contributed by atoms with E-state index in [2.05, 4.69) is 93.7 Å². The van der Waals surface area contributed by atoms with E-state index in [0.717, 1.165) is 89.9 Å². The zero-order valence-corrected chi connectivity index (χ0v) is 39.6. The summed E-state index contributed by atoms with van der Waals surface area (Å²) in [5.74, 6) is -1.02. The van der Waals surface area contributed by atoms with Crippen LogP contribution in [0.15, 0.2) is 122 Å². The first-order chi connectivity index (χ1) is 30.5. The molecule has 1 unspecified atom stereocenters. The molecule has 0 heterocycles.